The summed E-state index contributed by atoms with van der Waals surface area (Å²) in [5.74, 6) is 0.615. The Morgan fingerprint density at radius 2 is 1.87 bits per heavy atom. The maximum Gasteiger partial charge on any atom is 0.407 e. The average molecular weight is 328 g/mol. The Morgan fingerprint density at radius 3 is 2.39 bits per heavy atom. The van der Waals surface area contributed by atoms with Gasteiger partial charge in [0.2, 0.25) is 0 Å². The first-order valence-corrected chi connectivity index (χ1v) is 9.07. The molecule has 0 aromatic carbocycles. The topological polar surface area (TPSA) is 59.6 Å². The molecule has 0 aromatic heterocycles. The van der Waals surface area contributed by atoms with Crippen LogP contribution in [0.15, 0.2) is 0 Å². The molecule has 5 nitrogen and oxygen atoms in total. The summed E-state index contributed by atoms with van der Waals surface area (Å²) in [5.41, 5.74) is -0.458. The molecule has 0 radical (unpaired) electrons. The number of hydrogen-bond acceptors (Lipinski definition) is 4. The highest BCUT2D eigenvalue weighted by atomic mass is 16.6. The van der Waals surface area contributed by atoms with E-state index < -0.39 is 5.60 Å². The van der Waals surface area contributed by atoms with E-state index in [-0.39, 0.29) is 12.1 Å². The Morgan fingerprint density at radius 1 is 1.22 bits per heavy atom. The molecule has 2 unspecified atom stereocenters. The Balaban J connectivity index is 2.57. The van der Waals surface area contributed by atoms with Crippen LogP contribution in [0.4, 0.5) is 4.79 Å². The quantitative estimate of drug-likeness (QED) is 0.716. The number of methoxy groups -OCH3 is 1. The van der Waals surface area contributed by atoms with Gasteiger partial charge in [-0.1, -0.05) is 26.2 Å². The fourth-order valence-electron chi connectivity index (χ4n) is 3.19. The second-order valence-electron chi connectivity index (χ2n) is 7.61. The lowest BCUT2D eigenvalue weighted by atomic mass is 9.83. The van der Waals surface area contributed by atoms with Crippen LogP contribution < -0.4 is 10.6 Å². The standard InChI is InChI=1S/C18H36N2O3/c1-6-15(13-22-5)20-16(14-10-8-7-9-11-14)12-19-17(21)23-18(2,3)4/h14-16,20H,6-13H2,1-5H3,(H,19,21). The summed E-state index contributed by atoms with van der Waals surface area (Å²) in [5, 5.41) is 6.64. The summed E-state index contributed by atoms with van der Waals surface area (Å²) < 4.78 is 10.7. The Hall–Kier alpha value is -0.810. The van der Waals surface area contributed by atoms with Gasteiger partial charge in [0.25, 0.3) is 0 Å². The third-order valence-corrected chi connectivity index (χ3v) is 4.39. The van der Waals surface area contributed by atoms with Crippen LogP contribution in [-0.4, -0.2) is 44.0 Å². The van der Waals surface area contributed by atoms with Crippen molar-refractivity contribution in [3.05, 3.63) is 0 Å². The molecular weight excluding hydrogens is 292 g/mol. The second kappa shape index (κ2) is 10.1. The van der Waals surface area contributed by atoms with Gasteiger partial charge in [0.15, 0.2) is 0 Å². The maximum absolute atomic E-state index is 11.9. The number of ether oxygens (including phenoxy) is 2. The van der Waals surface area contributed by atoms with Gasteiger partial charge in [-0.2, -0.15) is 0 Å². The largest absolute Gasteiger partial charge is 0.444 e. The molecule has 1 rings (SSSR count). The molecule has 0 bridgehead atoms. The molecule has 0 heterocycles. The van der Waals surface area contributed by atoms with E-state index >= 15 is 0 Å². The Bertz CT molecular complexity index is 336. The molecule has 23 heavy (non-hydrogen) atoms. The highest BCUT2D eigenvalue weighted by Gasteiger charge is 2.26. The van der Waals surface area contributed by atoms with E-state index in [1.165, 1.54) is 32.1 Å². The zero-order valence-corrected chi connectivity index (χ0v) is 15.6. The summed E-state index contributed by atoms with van der Waals surface area (Å²) in [4.78, 5) is 11.9. The van der Waals surface area contributed by atoms with Crippen LogP contribution in [0.3, 0.4) is 0 Å². The summed E-state index contributed by atoms with van der Waals surface area (Å²) in [6.07, 6.45) is 7.06. The fraction of sp³-hybridized carbons (Fsp3) is 0.944. The first-order chi connectivity index (χ1) is 10.9. The summed E-state index contributed by atoms with van der Waals surface area (Å²) in [6.45, 7) is 9.13. The summed E-state index contributed by atoms with van der Waals surface area (Å²) in [6, 6.07) is 0.607. The number of carbonyl (C=O) groups is 1. The highest BCUT2D eigenvalue weighted by molar-refractivity contribution is 5.67. The monoisotopic (exact) mass is 328 g/mol. The minimum atomic E-state index is -0.458. The van der Waals surface area contributed by atoms with Crippen LogP contribution in [-0.2, 0) is 9.47 Å². The number of alkyl carbamates (subject to hydrolysis) is 1. The van der Waals surface area contributed by atoms with Gasteiger partial charge >= 0.3 is 6.09 Å². The molecular formula is C18H36N2O3. The van der Waals surface area contributed by atoms with Crippen molar-refractivity contribution in [1.29, 1.82) is 0 Å². The van der Waals surface area contributed by atoms with E-state index in [4.69, 9.17) is 9.47 Å². The van der Waals surface area contributed by atoms with Gasteiger partial charge in [-0.3, -0.25) is 0 Å². The van der Waals surface area contributed by atoms with Crippen LogP contribution in [0.25, 0.3) is 0 Å². The molecule has 0 aromatic rings. The zero-order chi connectivity index (χ0) is 17.3. The number of amides is 1. The minimum Gasteiger partial charge on any atom is -0.444 e. The Kier molecular flexibility index (Phi) is 8.92. The molecule has 2 atom stereocenters. The van der Waals surface area contributed by atoms with Gasteiger partial charge < -0.3 is 20.1 Å². The molecule has 1 aliphatic rings. The van der Waals surface area contributed by atoms with E-state index in [2.05, 4.69) is 17.6 Å². The van der Waals surface area contributed by atoms with Crippen molar-refractivity contribution in [1.82, 2.24) is 10.6 Å². The predicted octanol–water partition coefficient (Wildman–Crippen LogP) is 3.47. The minimum absolute atomic E-state index is 0.280. The fourth-order valence-corrected chi connectivity index (χ4v) is 3.19. The van der Waals surface area contributed by atoms with Crippen molar-refractivity contribution in [2.75, 3.05) is 20.3 Å². The van der Waals surface area contributed by atoms with Crippen molar-refractivity contribution < 1.29 is 14.3 Å². The van der Waals surface area contributed by atoms with Gasteiger partial charge in [0, 0.05) is 25.7 Å². The van der Waals surface area contributed by atoms with Crippen molar-refractivity contribution in [2.45, 2.75) is 83.9 Å². The molecule has 1 aliphatic carbocycles. The van der Waals surface area contributed by atoms with Crippen LogP contribution in [0.5, 0.6) is 0 Å². The van der Waals surface area contributed by atoms with E-state index in [1.807, 2.05) is 20.8 Å². The molecule has 1 fully saturated rings. The molecule has 1 saturated carbocycles. The average Bonchev–Trinajstić information content (AvgIpc) is 2.49. The lowest BCUT2D eigenvalue weighted by Crippen LogP contribution is -2.51. The summed E-state index contributed by atoms with van der Waals surface area (Å²) in [7, 11) is 1.74. The third kappa shape index (κ3) is 8.56. The number of nitrogens with one attached hydrogen (secondary N) is 2. The lowest BCUT2D eigenvalue weighted by molar-refractivity contribution is 0.0511. The van der Waals surface area contributed by atoms with Gasteiger partial charge in [0.1, 0.15) is 5.60 Å². The molecule has 5 heteroatoms. The third-order valence-electron chi connectivity index (χ3n) is 4.39. The summed E-state index contributed by atoms with van der Waals surface area (Å²) >= 11 is 0. The van der Waals surface area contributed by atoms with Gasteiger partial charge in [0.05, 0.1) is 6.61 Å². The van der Waals surface area contributed by atoms with Gasteiger partial charge in [-0.15, -0.1) is 0 Å². The van der Waals surface area contributed by atoms with Crippen LogP contribution >= 0.6 is 0 Å². The molecule has 2 N–H and O–H groups in total. The van der Waals surface area contributed by atoms with Crippen LogP contribution in [0.1, 0.15) is 66.2 Å². The molecule has 1 amide bonds. The van der Waals surface area contributed by atoms with E-state index in [1.54, 1.807) is 7.11 Å². The van der Waals surface area contributed by atoms with Crippen LogP contribution in [0, 0.1) is 5.92 Å². The van der Waals surface area contributed by atoms with Crippen molar-refractivity contribution in [2.24, 2.45) is 5.92 Å². The number of carbonyl (C=O) groups excluding carboxylic acids is 1. The molecule has 0 aliphatic heterocycles. The molecule has 0 spiro atoms. The van der Waals surface area contributed by atoms with Crippen molar-refractivity contribution in [3.63, 3.8) is 0 Å². The lowest BCUT2D eigenvalue weighted by Gasteiger charge is -2.34. The number of rotatable bonds is 8. The van der Waals surface area contributed by atoms with E-state index in [0.717, 1.165) is 6.42 Å². The maximum atomic E-state index is 11.9. The first-order valence-electron chi connectivity index (χ1n) is 9.07. The smallest absolute Gasteiger partial charge is 0.407 e. The predicted molar refractivity (Wildman–Crippen MR) is 93.7 cm³/mol. The molecule has 0 saturated heterocycles. The van der Waals surface area contributed by atoms with Crippen molar-refractivity contribution in [3.8, 4) is 0 Å². The highest BCUT2D eigenvalue weighted by Crippen LogP contribution is 2.26. The zero-order valence-electron chi connectivity index (χ0n) is 15.6. The Labute approximate surface area is 141 Å². The second-order valence-corrected chi connectivity index (χ2v) is 7.61. The number of hydrogen-bond donors (Lipinski definition) is 2. The van der Waals surface area contributed by atoms with E-state index in [0.29, 0.717) is 25.1 Å². The van der Waals surface area contributed by atoms with Crippen LogP contribution in [0.2, 0.25) is 0 Å². The molecule has 136 valence electrons. The first kappa shape index (κ1) is 20.2. The normalized spacial score (nSPS) is 19.2. The van der Waals surface area contributed by atoms with Gasteiger partial charge in [-0.25, -0.2) is 4.79 Å². The van der Waals surface area contributed by atoms with E-state index in [9.17, 15) is 4.79 Å². The van der Waals surface area contributed by atoms with Gasteiger partial charge in [-0.05, 0) is 46.0 Å². The SMILES string of the molecule is CCC(COC)NC(CNC(=O)OC(C)(C)C)C1CCCCC1. The van der Waals surface area contributed by atoms with Crippen molar-refractivity contribution >= 4 is 6.09 Å².